The monoisotopic (exact) mass is 310 g/mol. The van der Waals surface area contributed by atoms with Crippen molar-refractivity contribution in [3.05, 3.63) is 48.2 Å². The van der Waals surface area contributed by atoms with Gasteiger partial charge in [-0.1, -0.05) is 17.3 Å². The second-order valence-electron chi connectivity index (χ2n) is 6.01. The minimum Gasteiger partial charge on any atom is -0.356 e. The minimum atomic E-state index is 0.0783. The van der Waals surface area contributed by atoms with Gasteiger partial charge in [-0.15, -0.1) is 0 Å². The summed E-state index contributed by atoms with van der Waals surface area (Å²) in [5, 5.41) is 4.98. The molecule has 1 amide bonds. The molecule has 23 heavy (non-hydrogen) atoms. The van der Waals surface area contributed by atoms with Crippen LogP contribution < -0.4 is 0 Å². The Morgan fingerprint density at radius 1 is 1.39 bits per heavy atom. The maximum Gasteiger partial charge on any atom is 0.229 e. The first-order chi connectivity index (χ1) is 11.2. The quantitative estimate of drug-likeness (QED) is 0.725. The molecule has 1 fully saturated rings. The van der Waals surface area contributed by atoms with Crippen LogP contribution in [0, 0.1) is 0 Å². The van der Waals surface area contributed by atoms with E-state index in [0.717, 1.165) is 29.6 Å². The molecule has 3 aromatic rings. The van der Waals surface area contributed by atoms with Crippen LogP contribution in [0.2, 0.25) is 0 Å². The Bertz CT molecular complexity index is 847. The van der Waals surface area contributed by atoms with E-state index in [-0.39, 0.29) is 12.3 Å². The van der Waals surface area contributed by atoms with Gasteiger partial charge in [0.15, 0.2) is 5.58 Å². The Labute approximate surface area is 133 Å². The predicted molar refractivity (Wildman–Crippen MR) is 84.5 cm³/mol. The van der Waals surface area contributed by atoms with Crippen LogP contribution in [0.15, 0.2) is 41.2 Å². The summed E-state index contributed by atoms with van der Waals surface area (Å²) in [5.41, 5.74) is 1.42. The number of fused-ring (bicyclic) bond motifs is 1. The molecule has 2 aromatic heterocycles. The summed E-state index contributed by atoms with van der Waals surface area (Å²) in [6.07, 6.45) is 6.05. The number of aromatic nitrogens is 3. The number of nitrogens with zero attached hydrogens (tertiary/aromatic N) is 4. The minimum absolute atomic E-state index is 0.0783. The lowest BCUT2D eigenvalue weighted by Crippen LogP contribution is -2.34. The molecule has 0 radical (unpaired) electrons. The highest BCUT2D eigenvalue weighted by molar-refractivity contribution is 5.86. The fourth-order valence-electron chi connectivity index (χ4n) is 2.82. The molecular formula is C17H18N4O2. The number of amides is 1. The van der Waals surface area contributed by atoms with Gasteiger partial charge >= 0.3 is 0 Å². The van der Waals surface area contributed by atoms with E-state index in [4.69, 9.17) is 4.52 Å². The molecule has 1 aliphatic rings. The first kappa shape index (κ1) is 14.0. The number of carbonyl (C=O) groups is 1. The molecule has 0 aliphatic heterocycles. The first-order valence-electron chi connectivity index (χ1n) is 7.81. The summed E-state index contributed by atoms with van der Waals surface area (Å²) in [5.74, 6) is 0.977. The van der Waals surface area contributed by atoms with Gasteiger partial charge in [0.2, 0.25) is 5.91 Å². The lowest BCUT2D eigenvalue weighted by atomic mass is 10.1. The number of benzene rings is 1. The summed E-state index contributed by atoms with van der Waals surface area (Å²) < 4.78 is 7.25. The molecule has 0 unspecified atom stereocenters. The van der Waals surface area contributed by atoms with Gasteiger partial charge in [0.1, 0.15) is 11.5 Å². The number of hydrogen-bond acceptors (Lipinski definition) is 4. The summed E-state index contributed by atoms with van der Waals surface area (Å²) >= 11 is 0. The summed E-state index contributed by atoms with van der Waals surface area (Å²) in [6.45, 7) is 0.544. The zero-order valence-electron chi connectivity index (χ0n) is 13.0. The number of hydrogen-bond donors (Lipinski definition) is 0. The molecule has 1 aromatic carbocycles. The normalized spacial score (nSPS) is 14.3. The van der Waals surface area contributed by atoms with Crippen molar-refractivity contribution in [2.45, 2.75) is 31.8 Å². The number of para-hydroxylation sites is 1. The van der Waals surface area contributed by atoms with Crippen LogP contribution >= 0.6 is 0 Å². The maximum absolute atomic E-state index is 12.8. The lowest BCUT2D eigenvalue weighted by Gasteiger charge is -2.21. The van der Waals surface area contributed by atoms with Gasteiger partial charge in [-0.05, 0) is 25.0 Å². The Morgan fingerprint density at radius 2 is 2.22 bits per heavy atom. The molecule has 2 heterocycles. The molecular weight excluding hydrogens is 292 g/mol. The largest absolute Gasteiger partial charge is 0.356 e. The molecule has 0 bridgehead atoms. The van der Waals surface area contributed by atoms with Gasteiger partial charge in [-0.2, -0.15) is 0 Å². The van der Waals surface area contributed by atoms with Crippen molar-refractivity contribution in [1.29, 1.82) is 0 Å². The van der Waals surface area contributed by atoms with Gasteiger partial charge < -0.3 is 14.0 Å². The third-order valence-electron chi connectivity index (χ3n) is 4.31. The van der Waals surface area contributed by atoms with E-state index >= 15 is 0 Å². The fourth-order valence-corrected chi connectivity index (χ4v) is 2.82. The molecule has 0 spiro atoms. The van der Waals surface area contributed by atoms with Crippen LogP contribution in [0.4, 0.5) is 0 Å². The highest BCUT2D eigenvalue weighted by Gasteiger charge is 2.33. The van der Waals surface area contributed by atoms with Crippen molar-refractivity contribution in [2.75, 3.05) is 0 Å². The number of imidazole rings is 1. The van der Waals surface area contributed by atoms with E-state index in [9.17, 15) is 4.79 Å². The van der Waals surface area contributed by atoms with Crippen molar-refractivity contribution in [3.63, 3.8) is 0 Å². The SMILES string of the molecule is Cn1ccnc1CN(C(=O)Cc1noc2ccccc12)C1CC1. The van der Waals surface area contributed by atoms with Gasteiger partial charge in [0, 0.05) is 30.9 Å². The van der Waals surface area contributed by atoms with E-state index in [0.29, 0.717) is 18.3 Å². The standard InChI is InChI=1S/C17H18N4O2/c1-20-9-8-18-16(20)11-21(12-6-7-12)17(22)10-14-13-4-2-3-5-15(13)23-19-14/h2-5,8-9,12H,6-7,10-11H2,1H3. The molecule has 1 aliphatic carbocycles. The van der Waals surface area contributed by atoms with Crippen LogP contribution in [-0.4, -0.2) is 31.6 Å². The van der Waals surface area contributed by atoms with E-state index in [1.807, 2.05) is 47.0 Å². The van der Waals surface area contributed by atoms with Gasteiger partial charge in [0.25, 0.3) is 0 Å². The highest BCUT2D eigenvalue weighted by atomic mass is 16.5. The van der Waals surface area contributed by atoms with Crippen LogP contribution in [0.5, 0.6) is 0 Å². The maximum atomic E-state index is 12.8. The summed E-state index contributed by atoms with van der Waals surface area (Å²) in [4.78, 5) is 19.0. The van der Waals surface area contributed by atoms with Crippen LogP contribution in [0.1, 0.15) is 24.4 Å². The van der Waals surface area contributed by atoms with Crippen molar-refractivity contribution in [2.24, 2.45) is 7.05 Å². The van der Waals surface area contributed by atoms with E-state index < -0.39 is 0 Å². The zero-order chi connectivity index (χ0) is 15.8. The second kappa shape index (κ2) is 5.53. The highest BCUT2D eigenvalue weighted by Crippen LogP contribution is 2.29. The molecule has 4 rings (SSSR count). The number of rotatable bonds is 5. The summed E-state index contributed by atoms with van der Waals surface area (Å²) in [7, 11) is 1.95. The van der Waals surface area contributed by atoms with Crippen molar-refractivity contribution in [1.82, 2.24) is 19.6 Å². The Kier molecular flexibility index (Phi) is 3.37. The average molecular weight is 310 g/mol. The van der Waals surface area contributed by atoms with Gasteiger partial charge in [-0.3, -0.25) is 4.79 Å². The van der Waals surface area contributed by atoms with Gasteiger partial charge in [0.05, 0.1) is 13.0 Å². The van der Waals surface area contributed by atoms with E-state index in [1.165, 1.54) is 0 Å². The second-order valence-corrected chi connectivity index (χ2v) is 6.01. The fraction of sp³-hybridized carbons (Fsp3) is 0.353. The topological polar surface area (TPSA) is 64.2 Å². The average Bonchev–Trinajstić information content (AvgIpc) is 3.20. The Hall–Kier alpha value is -2.63. The van der Waals surface area contributed by atoms with Crippen LogP contribution in [0.3, 0.4) is 0 Å². The van der Waals surface area contributed by atoms with Crippen molar-refractivity contribution in [3.8, 4) is 0 Å². The number of carbonyl (C=O) groups excluding carboxylic acids is 1. The first-order valence-corrected chi connectivity index (χ1v) is 7.81. The van der Waals surface area contributed by atoms with Crippen LogP contribution in [0.25, 0.3) is 11.0 Å². The molecule has 0 N–H and O–H groups in total. The van der Waals surface area contributed by atoms with Crippen molar-refractivity contribution < 1.29 is 9.32 Å². The Morgan fingerprint density at radius 3 is 2.96 bits per heavy atom. The molecule has 6 heteroatoms. The molecule has 0 saturated heterocycles. The molecule has 6 nitrogen and oxygen atoms in total. The smallest absolute Gasteiger partial charge is 0.229 e. The molecule has 0 atom stereocenters. The van der Waals surface area contributed by atoms with Gasteiger partial charge in [-0.25, -0.2) is 4.98 Å². The van der Waals surface area contributed by atoms with E-state index in [1.54, 1.807) is 6.20 Å². The van der Waals surface area contributed by atoms with Crippen LogP contribution in [-0.2, 0) is 24.8 Å². The zero-order valence-corrected chi connectivity index (χ0v) is 13.0. The molecule has 118 valence electrons. The predicted octanol–water partition coefficient (Wildman–Crippen LogP) is 2.29. The molecule has 1 saturated carbocycles. The summed E-state index contributed by atoms with van der Waals surface area (Å²) in [6, 6.07) is 7.96. The third-order valence-corrected chi connectivity index (χ3v) is 4.31. The van der Waals surface area contributed by atoms with E-state index in [2.05, 4.69) is 10.1 Å². The lowest BCUT2D eigenvalue weighted by molar-refractivity contribution is -0.131. The Balaban J connectivity index is 1.55. The van der Waals surface area contributed by atoms with Crippen molar-refractivity contribution >= 4 is 16.9 Å². The third kappa shape index (κ3) is 2.72. The number of aryl methyl sites for hydroxylation is 1.